The van der Waals surface area contributed by atoms with Gasteiger partial charge in [0.15, 0.2) is 0 Å². The van der Waals surface area contributed by atoms with E-state index < -0.39 is 16.5 Å². The fourth-order valence-corrected chi connectivity index (χ4v) is 1.38. The lowest BCUT2D eigenvalue weighted by molar-refractivity contribution is -0.243. The topological polar surface area (TPSA) is 72.8 Å². The van der Waals surface area contributed by atoms with Crippen LogP contribution in [0, 0.1) is 0 Å². The van der Waals surface area contributed by atoms with E-state index in [9.17, 15) is 8.42 Å². The van der Waals surface area contributed by atoms with E-state index in [2.05, 4.69) is 25.2 Å². The molecule has 7 heteroatoms. The normalized spacial score (nSPS) is 13.8. The fourth-order valence-electron chi connectivity index (χ4n) is 0.898. The van der Waals surface area contributed by atoms with Crippen molar-refractivity contribution < 1.29 is 22.2 Å². The highest BCUT2D eigenvalue weighted by atomic mass is 79.9. The number of halogens is 1. The molecule has 5 nitrogen and oxygen atoms in total. The Labute approximate surface area is 96.0 Å². The van der Waals surface area contributed by atoms with Crippen LogP contribution in [0.3, 0.4) is 0 Å². The molecule has 15 heavy (non-hydrogen) atoms. The van der Waals surface area contributed by atoms with Gasteiger partial charge in [-0.3, -0.25) is 4.55 Å². The monoisotopic (exact) mass is 296 g/mol. The van der Waals surface area contributed by atoms with E-state index in [1.54, 1.807) is 31.2 Å². The minimum Gasteiger partial charge on any atom is -0.262 e. The second-order valence-electron chi connectivity index (χ2n) is 2.79. The van der Waals surface area contributed by atoms with Crippen LogP contribution >= 0.6 is 15.9 Å². The van der Waals surface area contributed by atoms with Gasteiger partial charge < -0.3 is 0 Å². The quantitative estimate of drug-likeness (QED) is 0.524. The van der Waals surface area contributed by atoms with Crippen molar-refractivity contribution in [1.82, 2.24) is 0 Å². The zero-order valence-electron chi connectivity index (χ0n) is 7.75. The van der Waals surface area contributed by atoms with Gasteiger partial charge in [0.2, 0.25) is 0 Å². The zero-order valence-corrected chi connectivity index (χ0v) is 10.2. The van der Waals surface area contributed by atoms with Crippen molar-refractivity contribution in [3.63, 3.8) is 0 Å². The van der Waals surface area contributed by atoms with Crippen LogP contribution in [0.2, 0.25) is 0 Å². The van der Waals surface area contributed by atoms with E-state index in [-0.39, 0.29) is 0 Å². The van der Waals surface area contributed by atoms with Crippen LogP contribution in [0.15, 0.2) is 28.7 Å². The molecule has 84 valence electrons. The summed E-state index contributed by atoms with van der Waals surface area (Å²) in [6.07, 6.45) is -0.597. The van der Waals surface area contributed by atoms with E-state index in [4.69, 9.17) is 4.55 Å². The summed E-state index contributed by atoms with van der Waals surface area (Å²) < 4.78 is 33.4. The predicted molar refractivity (Wildman–Crippen MR) is 56.3 cm³/mol. The molecule has 1 aromatic carbocycles. The molecule has 0 saturated heterocycles. The number of benzene rings is 1. The molecule has 1 rings (SSSR count). The van der Waals surface area contributed by atoms with Crippen LogP contribution in [-0.2, 0) is 19.6 Å². The summed E-state index contributed by atoms with van der Waals surface area (Å²) in [5, 5.41) is 0. The van der Waals surface area contributed by atoms with Crippen LogP contribution in [0.5, 0.6) is 0 Å². The zero-order chi connectivity index (χ0) is 11.5. The first-order chi connectivity index (χ1) is 6.88. The molecule has 0 unspecified atom stereocenters. The van der Waals surface area contributed by atoms with Crippen molar-refractivity contribution in [3.8, 4) is 0 Å². The molecule has 1 aromatic rings. The summed E-state index contributed by atoms with van der Waals surface area (Å²) in [5.74, 6) is 0. The molecule has 0 heterocycles. The third-order valence-electron chi connectivity index (χ3n) is 1.61. The van der Waals surface area contributed by atoms with Crippen molar-refractivity contribution in [2.45, 2.75) is 13.0 Å². The molecule has 0 radical (unpaired) electrons. The maximum absolute atomic E-state index is 10.2. The highest BCUT2D eigenvalue weighted by Crippen LogP contribution is 2.19. The van der Waals surface area contributed by atoms with Crippen molar-refractivity contribution in [2.24, 2.45) is 0 Å². The molecular formula is C8H9BrO5S. The van der Waals surface area contributed by atoms with Gasteiger partial charge in [-0.1, -0.05) is 32.4 Å². The van der Waals surface area contributed by atoms with E-state index in [1.165, 1.54) is 0 Å². The van der Waals surface area contributed by atoms with Gasteiger partial charge >= 0.3 is 10.4 Å². The Bertz CT molecular complexity index is 413. The van der Waals surface area contributed by atoms with Crippen molar-refractivity contribution in [1.29, 1.82) is 0 Å². The summed E-state index contributed by atoms with van der Waals surface area (Å²) in [7, 11) is -4.57. The Morgan fingerprint density at radius 2 is 1.87 bits per heavy atom. The maximum Gasteiger partial charge on any atom is 0.424 e. The van der Waals surface area contributed by atoms with Crippen LogP contribution in [0.4, 0.5) is 0 Å². The van der Waals surface area contributed by atoms with E-state index in [0.29, 0.717) is 0 Å². The Kier molecular flexibility index (Phi) is 4.23. The smallest absolute Gasteiger partial charge is 0.262 e. The summed E-state index contributed by atoms with van der Waals surface area (Å²) in [6, 6.07) is 7.04. The fraction of sp³-hybridized carbons (Fsp3) is 0.250. The van der Waals surface area contributed by atoms with Crippen LogP contribution < -0.4 is 0 Å². The number of hydrogen-bond acceptors (Lipinski definition) is 4. The molecular weight excluding hydrogens is 288 g/mol. The third-order valence-corrected chi connectivity index (χ3v) is 2.39. The first-order valence-corrected chi connectivity index (χ1v) is 6.12. The van der Waals surface area contributed by atoms with Gasteiger partial charge in [0.1, 0.15) is 6.10 Å². The second-order valence-corrected chi connectivity index (χ2v) is 4.69. The average Bonchev–Trinajstić information content (AvgIpc) is 2.14. The molecule has 0 aliphatic heterocycles. The van der Waals surface area contributed by atoms with Crippen molar-refractivity contribution >= 4 is 26.3 Å². The highest BCUT2D eigenvalue weighted by Gasteiger charge is 2.12. The minimum atomic E-state index is -4.57. The van der Waals surface area contributed by atoms with Gasteiger partial charge in [-0.15, -0.1) is 0 Å². The van der Waals surface area contributed by atoms with Crippen molar-refractivity contribution in [2.75, 3.05) is 0 Å². The molecule has 0 aliphatic carbocycles. The molecule has 0 saturated carbocycles. The minimum absolute atomic E-state index is 0.597. The lowest BCUT2D eigenvalue weighted by Gasteiger charge is -2.09. The third kappa shape index (κ3) is 4.72. The molecule has 0 aliphatic rings. The van der Waals surface area contributed by atoms with Gasteiger partial charge in [-0.25, -0.2) is 4.89 Å². The molecule has 1 atom stereocenters. The van der Waals surface area contributed by atoms with Gasteiger partial charge in [0.25, 0.3) is 0 Å². The predicted octanol–water partition coefficient (Wildman–Crippen LogP) is 2.26. The lowest BCUT2D eigenvalue weighted by atomic mass is 10.1. The average molecular weight is 297 g/mol. The standard InChI is InChI=1S/C8H9BrO5S/c1-6(13-14-15(10,11)12)7-2-4-8(9)5-3-7/h2-6H,1H3,(H,10,11,12)/t6-/m1/s1. The summed E-state index contributed by atoms with van der Waals surface area (Å²) in [4.78, 5) is 4.48. The van der Waals surface area contributed by atoms with Crippen molar-refractivity contribution in [3.05, 3.63) is 34.3 Å². The highest BCUT2D eigenvalue weighted by molar-refractivity contribution is 9.10. The van der Waals surface area contributed by atoms with Gasteiger partial charge in [-0.2, -0.15) is 8.42 Å². The first kappa shape index (κ1) is 12.6. The Morgan fingerprint density at radius 1 is 1.33 bits per heavy atom. The van der Waals surface area contributed by atoms with E-state index in [1.807, 2.05) is 0 Å². The summed E-state index contributed by atoms with van der Waals surface area (Å²) in [5.41, 5.74) is 0.724. The van der Waals surface area contributed by atoms with Gasteiger partial charge in [0.05, 0.1) is 0 Å². The van der Waals surface area contributed by atoms with Gasteiger partial charge in [-0.05, 0) is 24.6 Å². The Hall–Kier alpha value is -0.470. The second kappa shape index (κ2) is 5.04. The van der Waals surface area contributed by atoms with E-state index in [0.717, 1.165) is 10.0 Å². The molecule has 0 spiro atoms. The Morgan fingerprint density at radius 3 is 2.33 bits per heavy atom. The molecule has 1 N–H and O–H groups in total. The van der Waals surface area contributed by atoms with Crippen LogP contribution in [0.1, 0.15) is 18.6 Å². The van der Waals surface area contributed by atoms with E-state index >= 15 is 0 Å². The SMILES string of the molecule is C[C@@H](OOS(=O)(=O)O)c1ccc(Br)cc1. The van der Waals surface area contributed by atoms with Crippen LogP contribution in [0.25, 0.3) is 0 Å². The number of hydrogen-bond donors (Lipinski definition) is 1. The molecule has 0 amide bonds. The largest absolute Gasteiger partial charge is 0.424 e. The maximum atomic E-state index is 10.2. The number of rotatable bonds is 4. The molecule has 0 aromatic heterocycles. The van der Waals surface area contributed by atoms with Gasteiger partial charge in [0, 0.05) is 4.47 Å². The molecule has 0 bridgehead atoms. The summed E-state index contributed by atoms with van der Waals surface area (Å²) >= 11 is 3.26. The Balaban J connectivity index is 2.61. The summed E-state index contributed by atoms with van der Waals surface area (Å²) in [6.45, 7) is 1.59. The first-order valence-electron chi connectivity index (χ1n) is 3.96. The molecule has 0 fully saturated rings. The van der Waals surface area contributed by atoms with Crippen LogP contribution in [-0.4, -0.2) is 13.0 Å². The lowest BCUT2D eigenvalue weighted by Crippen LogP contribution is -2.07.